The first kappa shape index (κ1) is 21.1. The molecule has 2 heterocycles. The smallest absolute Gasteiger partial charge is 0.227 e. The van der Waals surface area contributed by atoms with Gasteiger partial charge in [0.2, 0.25) is 11.8 Å². The van der Waals surface area contributed by atoms with Crippen molar-refractivity contribution in [2.45, 2.75) is 12.8 Å². The van der Waals surface area contributed by atoms with Crippen molar-refractivity contribution in [3.8, 4) is 11.5 Å². The molecule has 1 unspecified atom stereocenters. The summed E-state index contributed by atoms with van der Waals surface area (Å²) < 4.78 is 10.5. The number of nitrogens with one attached hydrogen (secondary N) is 2. The standard InChI is InChI=1S/C19H25N3O4.ClH/c1-25-16-8-15(9-17(10-16)26-2)22-12-14(7-18(22)23)19(24)21-11-13-3-5-20-6-4-13;/h3,8-10,14,20H,4-7,11-12H2,1-2H3,(H,21,24);1H. The monoisotopic (exact) mass is 395 g/mol. The molecule has 0 aliphatic carbocycles. The van der Waals surface area contributed by atoms with Crippen molar-refractivity contribution in [1.82, 2.24) is 10.6 Å². The van der Waals surface area contributed by atoms with Crippen LogP contribution in [0.5, 0.6) is 11.5 Å². The van der Waals surface area contributed by atoms with Crippen LogP contribution in [0.25, 0.3) is 0 Å². The van der Waals surface area contributed by atoms with Crippen LogP contribution in [0.3, 0.4) is 0 Å². The molecule has 1 fully saturated rings. The maximum atomic E-state index is 12.5. The van der Waals surface area contributed by atoms with Crippen molar-refractivity contribution < 1.29 is 19.1 Å². The summed E-state index contributed by atoms with van der Waals surface area (Å²) in [5.74, 6) is 0.731. The number of amides is 2. The second-order valence-corrected chi connectivity index (χ2v) is 6.51. The number of anilines is 1. The zero-order valence-corrected chi connectivity index (χ0v) is 16.4. The molecule has 0 aromatic heterocycles. The van der Waals surface area contributed by atoms with E-state index in [0.717, 1.165) is 19.5 Å². The number of benzene rings is 1. The minimum absolute atomic E-state index is 0. The third kappa shape index (κ3) is 5.14. The number of carbonyl (C=O) groups excluding carboxylic acids is 2. The largest absolute Gasteiger partial charge is 0.497 e. The first-order chi connectivity index (χ1) is 12.6. The lowest BCUT2D eigenvalue weighted by Gasteiger charge is -2.19. The summed E-state index contributed by atoms with van der Waals surface area (Å²) in [5, 5.41) is 6.21. The van der Waals surface area contributed by atoms with Crippen LogP contribution < -0.4 is 25.0 Å². The Kier molecular flexibility index (Phi) is 7.50. The van der Waals surface area contributed by atoms with Crippen LogP contribution in [0.1, 0.15) is 12.8 Å². The molecule has 2 amide bonds. The molecule has 1 aromatic carbocycles. The fourth-order valence-corrected chi connectivity index (χ4v) is 3.26. The predicted octanol–water partition coefficient (Wildman–Crippen LogP) is 1.51. The lowest BCUT2D eigenvalue weighted by atomic mass is 10.1. The highest BCUT2D eigenvalue weighted by atomic mass is 35.5. The Labute approximate surface area is 165 Å². The fourth-order valence-electron chi connectivity index (χ4n) is 3.26. The predicted molar refractivity (Wildman–Crippen MR) is 106 cm³/mol. The van der Waals surface area contributed by atoms with E-state index in [4.69, 9.17) is 9.47 Å². The molecule has 0 bridgehead atoms. The second kappa shape index (κ2) is 9.62. The Morgan fingerprint density at radius 2 is 1.96 bits per heavy atom. The van der Waals surface area contributed by atoms with Gasteiger partial charge in [0.05, 0.1) is 25.8 Å². The number of hydrogen-bond donors (Lipinski definition) is 2. The highest BCUT2D eigenvalue weighted by molar-refractivity contribution is 6.00. The number of nitrogens with zero attached hydrogens (tertiary/aromatic N) is 1. The summed E-state index contributed by atoms with van der Waals surface area (Å²) in [5.41, 5.74) is 1.92. The third-order valence-corrected chi connectivity index (χ3v) is 4.79. The summed E-state index contributed by atoms with van der Waals surface area (Å²) in [4.78, 5) is 26.5. The van der Waals surface area contributed by atoms with Crippen LogP contribution in [-0.2, 0) is 9.59 Å². The van der Waals surface area contributed by atoms with Crippen molar-refractivity contribution >= 4 is 29.9 Å². The highest BCUT2D eigenvalue weighted by Gasteiger charge is 2.35. The van der Waals surface area contributed by atoms with Gasteiger partial charge in [-0.25, -0.2) is 0 Å². The van der Waals surface area contributed by atoms with E-state index in [9.17, 15) is 9.59 Å². The molecule has 3 rings (SSSR count). The van der Waals surface area contributed by atoms with Gasteiger partial charge in [0.25, 0.3) is 0 Å². The van der Waals surface area contributed by atoms with Gasteiger partial charge in [-0.05, 0) is 13.0 Å². The summed E-state index contributed by atoms with van der Waals surface area (Å²) >= 11 is 0. The Bertz CT molecular complexity index is 701. The molecular formula is C19H26ClN3O4. The van der Waals surface area contributed by atoms with Crippen LogP contribution in [0.4, 0.5) is 5.69 Å². The first-order valence-corrected chi connectivity index (χ1v) is 8.80. The number of ether oxygens (including phenoxy) is 2. The average molecular weight is 396 g/mol. The lowest BCUT2D eigenvalue weighted by molar-refractivity contribution is -0.126. The van der Waals surface area contributed by atoms with E-state index in [1.54, 1.807) is 37.3 Å². The van der Waals surface area contributed by atoms with E-state index < -0.39 is 0 Å². The van der Waals surface area contributed by atoms with Crippen molar-refractivity contribution in [2.24, 2.45) is 5.92 Å². The molecule has 1 saturated heterocycles. The van der Waals surface area contributed by atoms with Gasteiger partial charge in [-0.1, -0.05) is 11.6 Å². The van der Waals surface area contributed by atoms with Crippen molar-refractivity contribution in [3.63, 3.8) is 0 Å². The van der Waals surface area contributed by atoms with Crippen molar-refractivity contribution in [3.05, 3.63) is 29.8 Å². The topological polar surface area (TPSA) is 79.9 Å². The van der Waals surface area contributed by atoms with E-state index in [0.29, 0.717) is 30.3 Å². The molecule has 1 aromatic rings. The Morgan fingerprint density at radius 1 is 1.26 bits per heavy atom. The lowest BCUT2D eigenvalue weighted by Crippen LogP contribution is -2.35. The molecule has 2 aliphatic heterocycles. The molecule has 2 aliphatic rings. The first-order valence-electron chi connectivity index (χ1n) is 8.80. The van der Waals surface area contributed by atoms with E-state index >= 15 is 0 Å². The summed E-state index contributed by atoms with van der Waals surface area (Å²) in [7, 11) is 3.13. The van der Waals surface area contributed by atoms with E-state index in [-0.39, 0.29) is 36.6 Å². The summed E-state index contributed by atoms with van der Waals surface area (Å²) in [6, 6.07) is 5.31. The van der Waals surface area contributed by atoms with Crippen molar-refractivity contribution in [1.29, 1.82) is 0 Å². The van der Waals surface area contributed by atoms with E-state index in [2.05, 4.69) is 16.7 Å². The molecule has 8 heteroatoms. The summed E-state index contributed by atoms with van der Waals surface area (Å²) in [6.45, 7) is 2.70. The molecule has 27 heavy (non-hydrogen) atoms. The number of halogens is 1. The zero-order valence-electron chi connectivity index (χ0n) is 15.6. The molecule has 0 spiro atoms. The second-order valence-electron chi connectivity index (χ2n) is 6.51. The normalized spacial score (nSPS) is 19.2. The quantitative estimate of drug-likeness (QED) is 0.714. The molecular weight excluding hydrogens is 370 g/mol. The van der Waals surface area contributed by atoms with Gasteiger partial charge < -0.3 is 25.0 Å². The van der Waals surface area contributed by atoms with Gasteiger partial charge in [-0.3, -0.25) is 9.59 Å². The summed E-state index contributed by atoms with van der Waals surface area (Å²) in [6.07, 6.45) is 3.27. The van der Waals surface area contributed by atoms with E-state index in [1.807, 2.05) is 0 Å². The molecule has 0 radical (unpaired) electrons. The Morgan fingerprint density at radius 3 is 2.56 bits per heavy atom. The van der Waals surface area contributed by atoms with Crippen LogP contribution in [-0.4, -0.2) is 52.2 Å². The zero-order chi connectivity index (χ0) is 18.5. The third-order valence-electron chi connectivity index (χ3n) is 4.79. The minimum atomic E-state index is -0.345. The number of rotatable bonds is 6. The van der Waals surface area contributed by atoms with Crippen LogP contribution in [0.15, 0.2) is 29.8 Å². The van der Waals surface area contributed by atoms with Crippen LogP contribution >= 0.6 is 12.4 Å². The van der Waals surface area contributed by atoms with Gasteiger partial charge in [-0.2, -0.15) is 0 Å². The van der Waals surface area contributed by atoms with Crippen molar-refractivity contribution in [2.75, 3.05) is 45.3 Å². The van der Waals surface area contributed by atoms with Gasteiger partial charge in [0, 0.05) is 44.3 Å². The number of carbonyl (C=O) groups is 2. The molecule has 7 nitrogen and oxygen atoms in total. The maximum Gasteiger partial charge on any atom is 0.227 e. The Hall–Kier alpha value is -2.25. The van der Waals surface area contributed by atoms with Crippen LogP contribution in [0, 0.1) is 5.92 Å². The minimum Gasteiger partial charge on any atom is -0.497 e. The van der Waals surface area contributed by atoms with Gasteiger partial charge in [0.15, 0.2) is 0 Å². The van der Waals surface area contributed by atoms with Gasteiger partial charge in [0.1, 0.15) is 11.5 Å². The van der Waals surface area contributed by atoms with Crippen LogP contribution in [0.2, 0.25) is 0 Å². The fraction of sp³-hybridized carbons (Fsp3) is 0.474. The average Bonchev–Trinajstić information content (AvgIpc) is 3.08. The number of methoxy groups -OCH3 is 2. The highest BCUT2D eigenvalue weighted by Crippen LogP contribution is 2.32. The molecule has 1 atom stereocenters. The van der Waals surface area contributed by atoms with E-state index in [1.165, 1.54) is 5.57 Å². The van der Waals surface area contributed by atoms with Gasteiger partial charge >= 0.3 is 0 Å². The molecule has 0 saturated carbocycles. The molecule has 148 valence electrons. The van der Waals surface area contributed by atoms with Gasteiger partial charge in [-0.15, -0.1) is 12.4 Å². The SMILES string of the molecule is COc1cc(OC)cc(N2CC(C(=O)NCC3=CCNCC3)CC2=O)c1.Cl. The Balaban J connectivity index is 0.00000261. The maximum absolute atomic E-state index is 12.5. The number of hydrogen-bond acceptors (Lipinski definition) is 5. The molecule has 2 N–H and O–H groups in total.